The number of carbonyl (C=O) groups is 3. The second-order valence-electron chi connectivity index (χ2n) is 11.6. The van der Waals surface area contributed by atoms with Crippen molar-refractivity contribution in [3.63, 3.8) is 0 Å². The van der Waals surface area contributed by atoms with E-state index in [4.69, 9.17) is 4.74 Å². The molecule has 4 amide bonds. The highest BCUT2D eigenvalue weighted by Crippen LogP contribution is 2.33. The Hall–Kier alpha value is -3.69. The fourth-order valence-electron chi connectivity index (χ4n) is 6.30. The maximum absolute atomic E-state index is 14.6. The lowest BCUT2D eigenvalue weighted by atomic mass is 9.94. The fourth-order valence-corrected chi connectivity index (χ4v) is 6.30. The molecule has 42 heavy (non-hydrogen) atoms. The van der Waals surface area contributed by atoms with Gasteiger partial charge < -0.3 is 19.5 Å². The van der Waals surface area contributed by atoms with Crippen LogP contribution in [0.2, 0.25) is 0 Å². The summed E-state index contributed by atoms with van der Waals surface area (Å²) in [5.74, 6) is -0.633. The first-order valence-electron chi connectivity index (χ1n) is 15.2. The van der Waals surface area contributed by atoms with Crippen molar-refractivity contribution in [3.05, 3.63) is 71.4 Å². The average molecular weight is 574 g/mol. The van der Waals surface area contributed by atoms with E-state index in [1.54, 1.807) is 4.90 Å². The molecule has 5 rings (SSSR count). The lowest BCUT2D eigenvalue weighted by Gasteiger charge is -2.40. The molecule has 1 saturated carbocycles. The minimum atomic E-state index is -1.15. The molecule has 1 unspecified atom stereocenters. The summed E-state index contributed by atoms with van der Waals surface area (Å²) in [4.78, 5) is 45.8. The van der Waals surface area contributed by atoms with Gasteiger partial charge in [0.25, 0.3) is 11.8 Å². The lowest BCUT2D eigenvalue weighted by molar-refractivity contribution is -0.135. The van der Waals surface area contributed by atoms with Gasteiger partial charge in [-0.3, -0.25) is 19.8 Å². The number of hydrogen-bond donors (Lipinski definition) is 2. The maximum atomic E-state index is 14.6. The number of benzene rings is 2. The van der Waals surface area contributed by atoms with E-state index < -0.39 is 5.54 Å². The predicted octanol–water partition coefficient (Wildman–Crippen LogP) is 4.38. The van der Waals surface area contributed by atoms with Crippen molar-refractivity contribution >= 4 is 28.7 Å². The van der Waals surface area contributed by atoms with Crippen molar-refractivity contribution < 1.29 is 19.1 Å². The summed E-state index contributed by atoms with van der Waals surface area (Å²) in [7, 11) is 1.87. The number of fused-ring (bicyclic) bond motifs is 1. The summed E-state index contributed by atoms with van der Waals surface area (Å²) in [6.07, 6.45) is 3.55. The zero-order valence-corrected chi connectivity index (χ0v) is 25.0. The Balaban J connectivity index is 1.45. The van der Waals surface area contributed by atoms with E-state index in [2.05, 4.69) is 16.7 Å². The third-order valence-corrected chi connectivity index (χ3v) is 8.58. The Bertz CT molecular complexity index is 1410. The molecule has 2 aromatic carbocycles. The smallest absolute Gasteiger partial charge is 0.328 e. The van der Waals surface area contributed by atoms with E-state index in [9.17, 15) is 14.4 Å². The minimum Gasteiger partial charge on any atom is -0.377 e. The highest BCUT2D eigenvalue weighted by molar-refractivity contribution is 6.05. The zero-order chi connectivity index (χ0) is 29.7. The van der Waals surface area contributed by atoms with Crippen LogP contribution in [-0.4, -0.2) is 76.8 Å². The van der Waals surface area contributed by atoms with Crippen molar-refractivity contribution in [2.45, 2.75) is 64.1 Å². The first-order valence-corrected chi connectivity index (χ1v) is 15.2. The molecular weight excluding hydrogens is 530 g/mol. The van der Waals surface area contributed by atoms with Crippen LogP contribution in [0, 0.1) is 6.92 Å². The number of nitrogens with one attached hydrogen (secondary N) is 2. The quantitative estimate of drug-likeness (QED) is 0.396. The van der Waals surface area contributed by atoms with Crippen LogP contribution in [0.3, 0.4) is 0 Å². The van der Waals surface area contributed by atoms with Crippen molar-refractivity contribution in [1.29, 1.82) is 0 Å². The van der Waals surface area contributed by atoms with Gasteiger partial charge in [0, 0.05) is 37.6 Å². The first kappa shape index (κ1) is 29.8. The Morgan fingerprint density at radius 1 is 1.07 bits per heavy atom. The average Bonchev–Trinajstić information content (AvgIpc) is 3.61. The summed E-state index contributed by atoms with van der Waals surface area (Å²) < 4.78 is 7.54. The summed E-state index contributed by atoms with van der Waals surface area (Å²) in [6.45, 7) is 6.35. The standard InChI is InChI=1S/C33H43N5O4/c1-4-18-37(29-23-42-20-17-34-29)32(41)38(19-14-25-10-6-5-7-11-25)31(40)33(15-8-9-16-33)35-30(39)28-22-26-21-24(2)12-13-27(26)36(28)3/h5-7,10-13,21-22,29,34H,4,8-9,14-20,23H2,1-3H3,(H,35,39). The normalized spacial score (nSPS) is 18.1. The van der Waals surface area contributed by atoms with Crippen LogP contribution in [0.1, 0.15) is 60.6 Å². The van der Waals surface area contributed by atoms with Crippen LogP contribution in [0.4, 0.5) is 4.79 Å². The van der Waals surface area contributed by atoms with Crippen LogP contribution in [0.5, 0.6) is 0 Å². The molecule has 0 spiro atoms. The summed E-state index contributed by atoms with van der Waals surface area (Å²) in [5, 5.41) is 7.50. The SMILES string of the molecule is CCCN(C(=O)N(CCc1ccccc1)C(=O)C1(NC(=O)c2cc3cc(C)ccc3n2C)CCCC1)C1COCCN1. The van der Waals surface area contributed by atoms with E-state index >= 15 is 0 Å². The molecule has 2 fully saturated rings. The predicted molar refractivity (Wildman–Crippen MR) is 163 cm³/mol. The van der Waals surface area contributed by atoms with E-state index in [1.807, 2.05) is 74.0 Å². The molecule has 1 aliphatic carbocycles. The Morgan fingerprint density at radius 2 is 1.83 bits per heavy atom. The Kier molecular flexibility index (Phi) is 9.28. The molecular formula is C33H43N5O4. The number of rotatable bonds is 9. The van der Waals surface area contributed by atoms with E-state index in [0.717, 1.165) is 41.3 Å². The van der Waals surface area contributed by atoms with E-state index in [1.165, 1.54) is 4.90 Å². The van der Waals surface area contributed by atoms with Gasteiger partial charge in [-0.25, -0.2) is 4.79 Å². The van der Waals surface area contributed by atoms with Crippen LogP contribution in [0.25, 0.3) is 10.9 Å². The van der Waals surface area contributed by atoms with Crippen molar-refractivity contribution in [2.75, 3.05) is 32.8 Å². The third-order valence-electron chi connectivity index (χ3n) is 8.58. The zero-order valence-electron chi connectivity index (χ0n) is 25.0. The Morgan fingerprint density at radius 3 is 2.52 bits per heavy atom. The fraction of sp³-hybridized carbons (Fsp3) is 0.485. The van der Waals surface area contributed by atoms with Crippen LogP contribution in [0.15, 0.2) is 54.6 Å². The molecule has 1 atom stereocenters. The number of ether oxygens (including phenoxy) is 1. The van der Waals surface area contributed by atoms with Gasteiger partial charge in [0.2, 0.25) is 0 Å². The van der Waals surface area contributed by atoms with Crippen molar-refractivity contribution in [1.82, 2.24) is 25.0 Å². The minimum absolute atomic E-state index is 0.223. The molecule has 1 aromatic heterocycles. The van der Waals surface area contributed by atoms with Crippen LogP contribution < -0.4 is 10.6 Å². The number of aromatic nitrogens is 1. The second-order valence-corrected chi connectivity index (χ2v) is 11.6. The van der Waals surface area contributed by atoms with Gasteiger partial charge in [-0.05, 0) is 56.4 Å². The number of nitrogens with zero attached hydrogens (tertiary/aromatic N) is 3. The topological polar surface area (TPSA) is 95.9 Å². The number of urea groups is 1. The second kappa shape index (κ2) is 13.1. The summed E-state index contributed by atoms with van der Waals surface area (Å²) in [6, 6.07) is 17.5. The number of amides is 4. The van der Waals surface area contributed by atoms with E-state index in [0.29, 0.717) is 51.3 Å². The molecule has 224 valence electrons. The van der Waals surface area contributed by atoms with Crippen molar-refractivity contribution in [2.24, 2.45) is 7.05 Å². The first-order chi connectivity index (χ1) is 20.3. The monoisotopic (exact) mass is 573 g/mol. The molecule has 2 aliphatic rings. The van der Waals surface area contributed by atoms with Crippen molar-refractivity contribution in [3.8, 4) is 0 Å². The summed E-state index contributed by atoms with van der Waals surface area (Å²) >= 11 is 0. The molecule has 0 bridgehead atoms. The van der Waals surface area contributed by atoms with Gasteiger partial charge in [-0.1, -0.05) is 61.7 Å². The molecule has 0 radical (unpaired) electrons. The number of aryl methyl sites for hydroxylation is 2. The molecule has 9 nitrogen and oxygen atoms in total. The number of carbonyl (C=O) groups excluding carboxylic acids is 3. The lowest BCUT2D eigenvalue weighted by Crippen LogP contribution is -2.64. The summed E-state index contributed by atoms with van der Waals surface area (Å²) in [5.41, 5.74) is 2.45. The van der Waals surface area contributed by atoms with Crippen LogP contribution >= 0.6 is 0 Å². The number of hydrogen-bond acceptors (Lipinski definition) is 5. The highest BCUT2D eigenvalue weighted by Gasteiger charge is 2.47. The number of morpholine rings is 1. The maximum Gasteiger partial charge on any atom is 0.328 e. The van der Waals surface area contributed by atoms with Gasteiger partial charge in [0.05, 0.1) is 13.2 Å². The Labute approximate surface area is 248 Å². The largest absolute Gasteiger partial charge is 0.377 e. The molecule has 2 heterocycles. The molecule has 1 saturated heterocycles. The third kappa shape index (κ3) is 6.22. The highest BCUT2D eigenvalue weighted by atomic mass is 16.5. The van der Waals surface area contributed by atoms with Gasteiger partial charge in [0.1, 0.15) is 17.4 Å². The molecule has 1 aliphatic heterocycles. The van der Waals surface area contributed by atoms with Crippen LogP contribution in [-0.2, 0) is 23.0 Å². The van der Waals surface area contributed by atoms with Gasteiger partial charge >= 0.3 is 6.03 Å². The van der Waals surface area contributed by atoms with Gasteiger partial charge in [0.15, 0.2) is 0 Å². The molecule has 9 heteroatoms. The molecule has 2 N–H and O–H groups in total. The van der Waals surface area contributed by atoms with Gasteiger partial charge in [-0.15, -0.1) is 0 Å². The number of imide groups is 1. The molecule has 3 aromatic rings. The van der Waals surface area contributed by atoms with Gasteiger partial charge in [-0.2, -0.15) is 0 Å². The van der Waals surface area contributed by atoms with E-state index in [-0.39, 0.29) is 30.6 Å².